The molecule has 0 aliphatic heterocycles. The number of nitrogens with zero attached hydrogens (tertiary/aromatic N) is 3. The van der Waals surface area contributed by atoms with Gasteiger partial charge in [-0.2, -0.15) is 5.10 Å². The lowest BCUT2D eigenvalue weighted by molar-refractivity contribution is 0.102. The smallest absolute Gasteiger partial charge is 0.257 e. The van der Waals surface area contributed by atoms with Gasteiger partial charge in [-0.25, -0.2) is 9.67 Å². The summed E-state index contributed by atoms with van der Waals surface area (Å²) in [5, 5.41) is 16.1. The van der Waals surface area contributed by atoms with E-state index < -0.39 is 0 Å². The minimum absolute atomic E-state index is 0.110. The van der Waals surface area contributed by atoms with Gasteiger partial charge in [0.1, 0.15) is 0 Å². The number of aliphatic hydroxyl groups is 1. The van der Waals surface area contributed by atoms with Crippen LogP contribution in [0.25, 0.3) is 5.82 Å². The second kappa shape index (κ2) is 7.27. The van der Waals surface area contributed by atoms with Gasteiger partial charge in [-0.15, -0.1) is 0 Å². The third-order valence-electron chi connectivity index (χ3n) is 3.85. The van der Waals surface area contributed by atoms with Crippen LogP contribution >= 0.6 is 0 Å². The fraction of sp³-hybridized carbons (Fsp3) is 0.211. The molecule has 3 rings (SSSR count). The summed E-state index contributed by atoms with van der Waals surface area (Å²) in [6, 6.07) is 12.9. The van der Waals surface area contributed by atoms with Crippen LogP contribution in [0.1, 0.15) is 27.3 Å². The summed E-state index contributed by atoms with van der Waals surface area (Å²) in [6.07, 6.45) is 2.15. The summed E-state index contributed by atoms with van der Waals surface area (Å²) in [7, 11) is 0. The van der Waals surface area contributed by atoms with E-state index in [0.717, 1.165) is 17.0 Å². The summed E-state index contributed by atoms with van der Waals surface area (Å²) in [6.45, 7) is 4.00. The Kier molecular flexibility index (Phi) is 4.90. The molecule has 0 saturated heterocycles. The van der Waals surface area contributed by atoms with E-state index in [9.17, 15) is 4.79 Å². The van der Waals surface area contributed by atoms with Crippen molar-refractivity contribution >= 4 is 11.6 Å². The van der Waals surface area contributed by atoms with Gasteiger partial charge in [-0.05, 0) is 56.2 Å². The number of aliphatic hydroxyl groups excluding tert-OH is 1. The number of amides is 1. The number of rotatable bonds is 5. The molecule has 25 heavy (non-hydrogen) atoms. The lowest BCUT2D eigenvalue weighted by Crippen LogP contribution is -2.13. The van der Waals surface area contributed by atoms with Crippen LogP contribution in [-0.4, -0.2) is 32.4 Å². The van der Waals surface area contributed by atoms with Gasteiger partial charge in [0, 0.05) is 24.2 Å². The predicted molar refractivity (Wildman–Crippen MR) is 96.0 cm³/mol. The molecule has 2 aromatic heterocycles. The quantitative estimate of drug-likeness (QED) is 0.751. The molecule has 0 bridgehead atoms. The normalized spacial score (nSPS) is 10.7. The highest BCUT2D eigenvalue weighted by Gasteiger charge is 2.09. The van der Waals surface area contributed by atoms with E-state index in [-0.39, 0.29) is 12.5 Å². The topological polar surface area (TPSA) is 80.0 Å². The van der Waals surface area contributed by atoms with E-state index in [1.165, 1.54) is 0 Å². The number of hydrogen-bond acceptors (Lipinski definition) is 4. The molecule has 6 nitrogen and oxygen atoms in total. The van der Waals surface area contributed by atoms with Crippen molar-refractivity contribution in [3.63, 3.8) is 0 Å². The van der Waals surface area contributed by atoms with E-state index in [4.69, 9.17) is 5.11 Å². The van der Waals surface area contributed by atoms with Crippen molar-refractivity contribution in [1.82, 2.24) is 14.8 Å². The Labute approximate surface area is 146 Å². The summed E-state index contributed by atoms with van der Waals surface area (Å²) in [4.78, 5) is 16.7. The lowest BCUT2D eigenvalue weighted by atomic mass is 10.1. The van der Waals surface area contributed by atoms with Crippen LogP contribution in [0.3, 0.4) is 0 Å². The van der Waals surface area contributed by atoms with Crippen molar-refractivity contribution in [3.8, 4) is 5.82 Å². The second-order valence-electron chi connectivity index (χ2n) is 5.87. The average molecular weight is 336 g/mol. The van der Waals surface area contributed by atoms with Crippen molar-refractivity contribution < 1.29 is 9.90 Å². The number of carbonyl (C=O) groups is 1. The largest absolute Gasteiger partial charge is 0.396 e. The van der Waals surface area contributed by atoms with Gasteiger partial charge >= 0.3 is 0 Å². The van der Waals surface area contributed by atoms with E-state index in [1.807, 2.05) is 44.2 Å². The Morgan fingerprint density at radius 1 is 1.16 bits per heavy atom. The number of carbonyl (C=O) groups excluding carboxylic acids is 1. The maximum Gasteiger partial charge on any atom is 0.257 e. The summed E-state index contributed by atoms with van der Waals surface area (Å²) >= 11 is 0. The number of anilines is 1. The third kappa shape index (κ3) is 3.92. The van der Waals surface area contributed by atoms with Crippen LogP contribution in [0.2, 0.25) is 0 Å². The Morgan fingerprint density at radius 2 is 1.92 bits per heavy atom. The zero-order chi connectivity index (χ0) is 17.8. The number of hydrogen-bond donors (Lipinski definition) is 2. The van der Waals surface area contributed by atoms with Gasteiger partial charge in [0.2, 0.25) is 0 Å². The molecule has 1 aromatic carbocycles. The summed E-state index contributed by atoms with van der Waals surface area (Å²) < 4.78 is 1.75. The standard InChI is InChI=1S/C19H20N4O2/c1-13-11-14(2)23(22-13)18-8-5-16(12-20-18)19(25)21-17-6-3-15(4-7-17)9-10-24/h3-8,11-12,24H,9-10H2,1-2H3,(H,21,25). The zero-order valence-electron chi connectivity index (χ0n) is 14.2. The first kappa shape index (κ1) is 16.9. The van der Waals surface area contributed by atoms with E-state index in [0.29, 0.717) is 23.5 Å². The molecule has 0 atom stereocenters. The van der Waals surface area contributed by atoms with Crippen LogP contribution in [0, 0.1) is 13.8 Å². The predicted octanol–water partition coefficient (Wildman–Crippen LogP) is 2.67. The minimum Gasteiger partial charge on any atom is -0.396 e. The molecule has 2 heterocycles. The molecule has 0 unspecified atom stereocenters. The Morgan fingerprint density at radius 3 is 2.48 bits per heavy atom. The van der Waals surface area contributed by atoms with Gasteiger partial charge in [-0.3, -0.25) is 4.79 Å². The maximum absolute atomic E-state index is 12.3. The molecule has 3 aromatic rings. The van der Waals surface area contributed by atoms with Crippen LogP contribution in [0.15, 0.2) is 48.7 Å². The van der Waals surface area contributed by atoms with Gasteiger partial charge in [-0.1, -0.05) is 12.1 Å². The third-order valence-corrected chi connectivity index (χ3v) is 3.85. The first-order chi connectivity index (χ1) is 12.1. The molecule has 6 heteroatoms. The number of pyridine rings is 1. The van der Waals surface area contributed by atoms with Crippen molar-refractivity contribution in [2.75, 3.05) is 11.9 Å². The molecule has 1 amide bonds. The van der Waals surface area contributed by atoms with Gasteiger partial charge in [0.15, 0.2) is 5.82 Å². The van der Waals surface area contributed by atoms with E-state index >= 15 is 0 Å². The van der Waals surface area contributed by atoms with Gasteiger partial charge in [0.25, 0.3) is 5.91 Å². The Hall–Kier alpha value is -2.99. The summed E-state index contributed by atoms with van der Waals surface area (Å²) in [5.74, 6) is 0.456. The molecule has 2 N–H and O–H groups in total. The van der Waals surface area contributed by atoms with Crippen molar-refractivity contribution in [1.29, 1.82) is 0 Å². The molecule has 0 aliphatic rings. The highest BCUT2D eigenvalue weighted by Crippen LogP contribution is 2.13. The highest BCUT2D eigenvalue weighted by molar-refractivity contribution is 6.04. The first-order valence-electron chi connectivity index (χ1n) is 8.07. The molecule has 0 radical (unpaired) electrons. The molecule has 0 aliphatic carbocycles. The molecule has 0 spiro atoms. The van der Waals surface area contributed by atoms with E-state index in [1.54, 1.807) is 23.0 Å². The SMILES string of the molecule is Cc1cc(C)n(-c2ccc(C(=O)Nc3ccc(CCO)cc3)cn2)n1. The maximum atomic E-state index is 12.3. The Balaban J connectivity index is 1.71. The van der Waals surface area contributed by atoms with Crippen LogP contribution in [0.5, 0.6) is 0 Å². The van der Waals surface area contributed by atoms with Crippen molar-refractivity contribution in [3.05, 3.63) is 71.2 Å². The number of aromatic nitrogens is 3. The Bertz CT molecular complexity index is 867. The van der Waals surface area contributed by atoms with Crippen LogP contribution < -0.4 is 5.32 Å². The van der Waals surface area contributed by atoms with Crippen LogP contribution in [0.4, 0.5) is 5.69 Å². The number of aryl methyl sites for hydroxylation is 2. The molecular weight excluding hydrogens is 316 g/mol. The number of benzene rings is 1. The zero-order valence-corrected chi connectivity index (χ0v) is 14.2. The van der Waals surface area contributed by atoms with Crippen molar-refractivity contribution in [2.24, 2.45) is 0 Å². The first-order valence-corrected chi connectivity index (χ1v) is 8.07. The van der Waals surface area contributed by atoms with Gasteiger partial charge in [0.05, 0.1) is 11.3 Å². The second-order valence-corrected chi connectivity index (χ2v) is 5.87. The fourth-order valence-electron chi connectivity index (χ4n) is 2.59. The van der Waals surface area contributed by atoms with Crippen LogP contribution in [-0.2, 0) is 6.42 Å². The van der Waals surface area contributed by atoms with E-state index in [2.05, 4.69) is 15.4 Å². The number of nitrogens with one attached hydrogen (secondary N) is 1. The minimum atomic E-state index is -0.220. The van der Waals surface area contributed by atoms with Gasteiger partial charge < -0.3 is 10.4 Å². The summed E-state index contributed by atoms with van der Waals surface area (Å²) in [5.41, 5.74) is 4.12. The molecule has 0 saturated carbocycles. The van der Waals surface area contributed by atoms with Crippen molar-refractivity contribution in [2.45, 2.75) is 20.3 Å². The average Bonchev–Trinajstić information content (AvgIpc) is 2.95. The lowest BCUT2D eigenvalue weighted by Gasteiger charge is -2.07. The molecule has 0 fully saturated rings. The fourth-order valence-corrected chi connectivity index (χ4v) is 2.59. The molecular formula is C19H20N4O2. The monoisotopic (exact) mass is 336 g/mol. The molecule has 128 valence electrons. The highest BCUT2D eigenvalue weighted by atomic mass is 16.3.